The maximum atomic E-state index is 12.0. The molecule has 8 heteroatoms. The Balaban J connectivity index is 2.90. The second-order valence-corrected chi connectivity index (χ2v) is 3.80. The summed E-state index contributed by atoms with van der Waals surface area (Å²) < 4.78 is 39.8. The van der Waals surface area contributed by atoms with Gasteiger partial charge < -0.3 is 15.2 Å². The maximum Gasteiger partial charge on any atom is 0.573 e. The molecule has 0 aliphatic carbocycles. The van der Waals surface area contributed by atoms with E-state index in [1.165, 1.54) is 19.1 Å². The number of benzene rings is 1. The van der Waals surface area contributed by atoms with Crippen LogP contribution in [0.1, 0.15) is 6.92 Å². The third-order valence-electron chi connectivity index (χ3n) is 1.91. The third kappa shape index (κ3) is 4.33. The topological polar surface area (TPSA) is 58.6 Å². The van der Waals surface area contributed by atoms with Gasteiger partial charge in [-0.05, 0) is 19.1 Å². The van der Waals surface area contributed by atoms with Crippen LogP contribution in [0.25, 0.3) is 0 Å². The van der Waals surface area contributed by atoms with Gasteiger partial charge in [0.15, 0.2) is 0 Å². The lowest BCUT2D eigenvalue weighted by atomic mass is 10.2. The van der Waals surface area contributed by atoms with Crippen molar-refractivity contribution in [3.05, 3.63) is 23.2 Å². The summed E-state index contributed by atoms with van der Waals surface area (Å²) in [5, 5.41) is 10.9. The summed E-state index contributed by atoms with van der Waals surface area (Å²) in [4.78, 5) is 10.6. The van der Waals surface area contributed by atoms with Gasteiger partial charge in [0.2, 0.25) is 0 Å². The van der Waals surface area contributed by atoms with E-state index in [-0.39, 0.29) is 10.7 Å². The first-order valence-electron chi connectivity index (χ1n) is 4.73. The summed E-state index contributed by atoms with van der Waals surface area (Å²) in [7, 11) is 0. The van der Waals surface area contributed by atoms with Crippen LogP contribution in [0.4, 0.5) is 18.9 Å². The van der Waals surface area contributed by atoms with Crippen LogP contribution < -0.4 is 10.1 Å². The fourth-order valence-corrected chi connectivity index (χ4v) is 1.26. The Morgan fingerprint density at radius 1 is 1.50 bits per heavy atom. The van der Waals surface area contributed by atoms with E-state index in [0.29, 0.717) is 0 Å². The number of nitrogens with one attached hydrogen (secondary N) is 1. The van der Waals surface area contributed by atoms with Crippen LogP contribution in [-0.2, 0) is 4.79 Å². The molecule has 1 atom stereocenters. The Bertz CT molecular complexity index is 450. The SMILES string of the molecule is C[C@H](Nc1ccc(Cl)c(OC(F)(F)F)c1)C(=O)O. The summed E-state index contributed by atoms with van der Waals surface area (Å²) in [6.45, 7) is 1.35. The Labute approximate surface area is 105 Å². The number of carboxylic acid groups (broad SMARTS) is 1. The van der Waals surface area contributed by atoms with Crippen molar-refractivity contribution in [2.45, 2.75) is 19.3 Å². The van der Waals surface area contributed by atoms with Crippen LogP contribution in [0.5, 0.6) is 5.75 Å². The summed E-state index contributed by atoms with van der Waals surface area (Å²) in [5.41, 5.74) is 0.161. The number of carboxylic acids is 1. The van der Waals surface area contributed by atoms with Gasteiger partial charge in [-0.3, -0.25) is 4.79 Å². The number of hydrogen-bond acceptors (Lipinski definition) is 3. The second-order valence-electron chi connectivity index (χ2n) is 3.40. The van der Waals surface area contributed by atoms with Crippen molar-refractivity contribution in [2.24, 2.45) is 0 Å². The van der Waals surface area contributed by atoms with E-state index in [9.17, 15) is 18.0 Å². The molecule has 0 saturated carbocycles. The largest absolute Gasteiger partial charge is 0.573 e. The predicted octanol–water partition coefficient (Wildman–Crippen LogP) is 3.12. The minimum Gasteiger partial charge on any atom is -0.480 e. The molecule has 0 heterocycles. The van der Waals surface area contributed by atoms with Gasteiger partial charge in [-0.15, -0.1) is 13.2 Å². The first-order chi connectivity index (χ1) is 8.19. The van der Waals surface area contributed by atoms with Crippen molar-refractivity contribution < 1.29 is 27.8 Å². The smallest absolute Gasteiger partial charge is 0.480 e. The quantitative estimate of drug-likeness (QED) is 0.891. The van der Waals surface area contributed by atoms with Crippen LogP contribution in [0, 0.1) is 0 Å². The average molecular weight is 284 g/mol. The molecule has 1 aromatic carbocycles. The van der Waals surface area contributed by atoms with E-state index in [1.54, 1.807) is 0 Å². The Hall–Kier alpha value is -1.63. The van der Waals surface area contributed by atoms with Gasteiger partial charge in [0.1, 0.15) is 11.8 Å². The zero-order chi connectivity index (χ0) is 13.9. The molecule has 0 spiro atoms. The standard InChI is InChI=1S/C10H9ClF3NO3/c1-5(9(16)17)15-6-2-3-7(11)8(4-6)18-10(12,13)14/h2-5,15H,1H3,(H,16,17)/t5-/m0/s1. The van der Waals surface area contributed by atoms with Crippen LogP contribution in [-0.4, -0.2) is 23.5 Å². The van der Waals surface area contributed by atoms with E-state index in [1.807, 2.05) is 0 Å². The van der Waals surface area contributed by atoms with Crippen molar-refractivity contribution in [1.29, 1.82) is 0 Å². The van der Waals surface area contributed by atoms with Gasteiger partial charge in [-0.25, -0.2) is 0 Å². The number of aliphatic carboxylic acids is 1. The van der Waals surface area contributed by atoms with Crippen LogP contribution in [0.15, 0.2) is 18.2 Å². The number of anilines is 1. The fraction of sp³-hybridized carbons (Fsp3) is 0.300. The van der Waals surface area contributed by atoms with Gasteiger partial charge in [0.05, 0.1) is 5.02 Å². The van der Waals surface area contributed by atoms with Crippen LogP contribution in [0.3, 0.4) is 0 Å². The van der Waals surface area contributed by atoms with E-state index in [0.717, 1.165) is 6.07 Å². The monoisotopic (exact) mass is 283 g/mol. The lowest BCUT2D eigenvalue weighted by Crippen LogP contribution is -2.25. The lowest BCUT2D eigenvalue weighted by Gasteiger charge is -2.14. The summed E-state index contributed by atoms with van der Waals surface area (Å²) in [6, 6.07) is 2.56. The molecule has 0 fully saturated rings. The summed E-state index contributed by atoms with van der Waals surface area (Å²) in [5.74, 6) is -1.73. The Kier molecular flexibility index (Phi) is 4.28. The van der Waals surface area contributed by atoms with Gasteiger partial charge in [0, 0.05) is 11.8 Å². The highest BCUT2D eigenvalue weighted by atomic mass is 35.5. The average Bonchev–Trinajstić information content (AvgIpc) is 2.20. The number of alkyl halides is 3. The maximum absolute atomic E-state index is 12.0. The molecule has 2 N–H and O–H groups in total. The number of hydrogen-bond donors (Lipinski definition) is 2. The predicted molar refractivity (Wildman–Crippen MR) is 58.9 cm³/mol. The van der Waals surface area contributed by atoms with E-state index >= 15 is 0 Å². The molecular weight excluding hydrogens is 275 g/mol. The van der Waals surface area contributed by atoms with E-state index < -0.39 is 24.1 Å². The third-order valence-corrected chi connectivity index (χ3v) is 2.22. The minimum atomic E-state index is -4.86. The normalized spacial score (nSPS) is 12.9. The van der Waals surface area contributed by atoms with Gasteiger partial charge >= 0.3 is 12.3 Å². The highest BCUT2D eigenvalue weighted by molar-refractivity contribution is 6.32. The fourth-order valence-electron chi connectivity index (χ4n) is 1.11. The molecule has 4 nitrogen and oxygen atoms in total. The van der Waals surface area contributed by atoms with Gasteiger partial charge in [-0.2, -0.15) is 0 Å². The molecule has 0 amide bonds. The first-order valence-corrected chi connectivity index (χ1v) is 5.11. The van der Waals surface area contributed by atoms with E-state index in [4.69, 9.17) is 16.7 Å². The number of halogens is 4. The summed E-state index contributed by atoms with van der Waals surface area (Å²) >= 11 is 5.53. The molecule has 0 radical (unpaired) electrons. The van der Waals surface area contributed by atoms with Crippen LogP contribution >= 0.6 is 11.6 Å². The van der Waals surface area contributed by atoms with Crippen molar-refractivity contribution in [2.75, 3.05) is 5.32 Å². The molecule has 0 saturated heterocycles. The zero-order valence-electron chi connectivity index (χ0n) is 9.08. The first kappa shape index (κ1) is 14.4. The molecule has 1 aromatic rings. The van der Waals surface area contributed by atoms with E-state index in [2.05, 4.69) is 10.1 Å². The minimum absolute atomic E-state index is 0.161. The van der Waals surface area contributed by atoms with Crippen molar-refractivity contribution in [1.82, 2.24) is 0 Å². The Morgan fingerprint density at radius 2 is 2.11 bits per heavy atom. The molecule has 18 heavy (non-hydrogen) atoms. The highest BCUT2D eigenvalue weighted by Crippen LogP contribution is 2.32. The number of carbonyl (C=O) groups is 1. The van der Waals surface area contributed by atoms with Crippen molar-refractivity contribution in [3.63, 3.8) is 0 Å². The molecule has 0 bridgehead atoms. The van der Waals surface area contributed by atoms with Gasteiger partial charge in [0.25, 0.3) is 0 Å². The van der Waals surface area contributed by atoms with Crippen LogP contribution in [0.2, 0.25) is 5.02 Å². The molecule has 0 aromatic heterocycles. The van der Waals surface area contributed by atoms with Gasteiger partial charge in [-0.1, -0.05) is 11.6 Å². The molecule has 0 unspecified atom stereocenters. The number of rotatable bonds is 4. The molecule has 1 rings (SSSR count). The number of ether oxygens (including phenoxy) is 1. The second kappa shape index (κ2) is 5.34. The Morgan fingerprint density at radius 3 is 2.61 bits per heavy atom. The molecule has 0 aliphatic rings. The molecule has 100 valence electrons. The zero-order valence-corrected chi connectivity index (χ0v) is 9.84. The lowest BCUT2D eigenvalue weighted by molar-refractivity contribution is -0.274. The molecule has 0 aliphatic heterocycles. The summed E-state index contributed by atoms with van der Waals surface area (Å²) in [6.07, 6.45) is -4.86. The van der Waals surface area contributed by atoms with Crippen molar-refractivity contribution >= 4 is 23.3 Å². The molecular formula is C10H9ClF3NO3. The van der Waals surface area contributed by atoms with Crippen molar-refractivity contribution in [3.8, 4) is 5.75 Å². The highest BCUT2D eigenvalue weighted by Gasteiger charge is 2.32.